The lowest BCUT2D eigenvalue weighted by Gasteiger charge is -2.46. The fourth-order valence-corrected chi connectivity index (χ4v) is 6.69. The van der Waals surface area contributed by atoms with Crippen LogP contribution in [0.15, 0.2) is 35.5 Å². The number of hydrogen-bond acceptors (Lipinski definition) is 6. The molecule has 0 bridgehead atoms. The van der Waals surface area contributed by atoms with Crippen molar-refractivity contribution in [2.24, 2.45) is 11.1 Å². The minimum absolute atomic E-state index is 0.220. The van der Waals surface area contributed by atoms with Crippen LogP contribution in [-0.2, 0) is 11.4 Å². The van der Waals surface area contributed by atoms with Gasteiger partial charge in [0.2, 0.25) is 0 Å². The van der Waals surface area contributed by atoms with E-state index in [1.165, 1.54) is 31.4 Å². The second kappa shape index (κ2) is 11.9. The number of benzene rings is 2. The van der Waals surface area contributed by atoms with Gasteiger partial charge in [0, 0.05) is 37.8 Å². The maximum atomic E-state index is 13.8. The lowest BCUT2D eigenvalue weighted by atomic mass is 9.85. The maximum absolute atomic E-state index is 13.8. The van der Waals surface area contributed by atoms with E-state index in [1.54, 1.807) is 6.07 Å². The zero-order valence-electron chi connectivity index (χ0n) is 23.6. The molecule has 0 aromatic heterocycles. The second-order valence-corrected chi connectivity index (χ2v) is 11.5. The number of nitrogens with zero attached hydrogens (tertiary/aromatic N) is 3. The monoisotopic (exact) mass is 557 g/mol. The molecule has 2 atom stereocenters. The molecule has 8 heteroatoms. The highest BCUT2D eigenvalue weighted by Crippen LogP contribution is 2.44. The van der Waals surface area contributed by atoms with Gasteiger partial charge in [-0.25, -0.2) is 4.39 Å². The van der Waals surface area contributed by atoms with E-state index in [2.05, 4.69) is 28.8 Å². The van der Waals surface area contributed by atoms with Crippen LogP contribution in [0.1, 0.15) is 65.4 Å². The molecule has 2 aromatic carbocycles. The van der Waals surface area contributed by atoms with E-state index in [4.69, 9.17) is 25.9 Å². The van der Waals surface area contributed by atoms with E-state index < -0.39 is 0 Å². The summed E-state index contributed by atoms with van der Waals surface area (Å²) >= 11 is 6.45. The molecular weight excluding hydrogens is 517 g/mol. The number of rotatable bonds is 9. The van der Waals surface area contributed by atoms with Gasteiger partial charge in [-0.2, -0.15) is 0 Å². The molecule has 3 heterocycles. The van der Waals surface area contributed by atoms with E-state index in [9.17, 15) is 4.39 Å². The van der Waals surface area contributed by atoms with Crippen LogP contribution in [0.4, 0.5) is 4.39 Å². The van der Waals surface area contributed by atoms with E-state index in [1.807, 2.05) is 26.0 Å². The molecule has 5 rings (SSSR count). The number of likely N-dealkylation sites (tertiary alicyclic amines) is 2. The molecule has 3 aliphatic rings. The normalized spacial score (nSPS) is 22.4. The van der Waals surface area contributed by atoms with Gasteiger partial charge >= 0.3 is 0 Å². The molecule has 3 aliphatic heterocycles. The first-order chi connectivity index (χ1) is 18.9. The first-order valence-corrected chi connectivity index (χ1v) is 14.9. The summed E-state index contributed by atoms with van der Waals surface area (Å²) in [4.78, 5) is 11.0. The average molecular weight is 558 g/mol. The van der Waals surface area contributed by atoms with Crippen molar-refractivity contribution < 1.29 is 18.7 Å². The number of piperidine rings is 1. The fraction of sp³-hybridized carbons (Fsp3) is 0.581. The lowest BCUT2D eigenvalue weighted by molar-refractivity contribution is -0.128. The van der Waals surface area contributed by atoms with Crippen molar-refractivity contribution in [3.8, 4) is 22.6 Å². The topological polar surface area (TPSA) is 46.5 Å². The Morgan fingerprint density at radius 3 is 2.38 bits per heavy atom. The smallest absolute Gasteiger partial charge is 0.170 e. The van der Waals surface area contributed by atoms with Crippen LogP contribution in [0.5, 0.6) is 11.5 Å². The third kappa shape index (κ3) is 5.85. The highest BCUT2D eigenvalue weighted by molar-refractivity contribution is 6.33. The Balaban J connectivity index is 1.28. The molecule has 0 aliphatic carbocycles. The van der Waals surface area contributed by atoms with Crippen LogP contribution >= 0.6 is 11.6 Å². The fourth-order valence-electron chi connectivity index (χ4n) is 6.43. The molecule has 212 valence electrons. The van der Waals surface area contributed by atoms with Gasteiger partial charge in [0.25, 0.3) is 0 Å². The standard InChI is InChI=1S/C31H41ClFN3O3/c1-5-21-11-12-36(24(6-2)13-21)29-17-31(39-34-29)19-35(20-31)18-22-14-27(37-7-3)30(28(15-22)38-8-4)25-10-9-23(33)16-26(25)32/h9-10,14-16,21,24H,5-8,11-13,17-20H2,1-4H3. The van der Waals surface area contributed by atoms with E-state index in [0.717, 1.165) is 61.9 Å². The Hall–Kier alpha value is -2.51. The van der Waals surface area contributed by atoms with E-state index in [-0.39, 0.29) is 11.4 Å². The number of halogens is 2. The van der Waals surface area contributed by atoms with Crippen molar-refractivity contribution in [3.63, 3.8) is 0 Å². The van der Waals surface area contributed by atoms with Gasteiger partial charge in [-0.15, -0.1) is 0 Å². The molecule has 2 unspecified atom stereocenters. The average Bonchev–Trinajstić information content (AvgIpc) is 3.34. The minimum Gasteiger partial charge on any atom is -0.493 e. The van der Waals surface area contributed by atoms with Crippen molar-refractivity contribution in [2.75, 3.05) is 32.8 Å². The van der Waals surface area contributed by atoms with Gasteiger partial charge in [-0.05, 0) is 74.9 Å². The summed E-state index contributed by atoms with van der Waals surface area (Å²) in [7, 11) is 0. The molecule has 2 aromatic rings. The summed E-state index contributed by atoms with van der Waals surface area (Å²) in [6.07, 6.45) is 5.80. The van der Waals surface area contributed by atoms with Crippen molar-refractivity contribution in [2.45, 2.75) is 78.0 Å². The summed E-state index contributed by atoms with van der Waals surface area (Å²) in [5.41, 5.74) is 2.31. The molecule has 0 N–H and O–H groups in total. The van der Waals surface area contributed by atoms with Gasteiger partial charge in [0.05, 0.1) is 30.2 Å². The summed E-state index contributed by atoms with van der Waals surface area (Å²) in [5.74, 6) is 2.96. The number of oxime groups is 1. The summed E-state index contributed by atoms with van der Waals surface area (Å²) in [6.45, 7) is 13.0. The third-order valence-corrected chi connectivity index (χ3v) is 8.70. The minimum atomic E-state index is -0.375. The highest BCUT2D eigenvalue weighted by Gasteiger charge is 2.51. The van der Waals surface area contributed by atoms with Crippen molar-refractivity contribution in [1.29, 1.82) is 0 Å². The molecule has 0 radical (unpaired) electrons. The summed E-state index contributed by atoms with van der Waals surface area (Å²) < 4.78 is 25.9. The second-order valence-electron chi connectivity index (χ2n) is 11.1. The predicted octanol–water partition coefficient (Wildman–Crippen LogP) is 7.13. The first-order valence-electron chi connectivity index (χ1n) is 14.5. The quantitative estimate of drug-likeness (QED) is 0.328. The van der Waals surface area contributed by atoms with E-state index >= 15 is 0 Å². The summed E-state index contributed by atoms with van der Waals surface area (Å²) in [5, 5.41) is 4.93. The Morgan fingerprint density at radius 2 is 1.77 bits per heavy atom. The van der Waals surface area contributed by atoms with Crippen LogP contribution in [0.25, 0.3) is 11.1 Å². The van der Waals surface area contributed by atoms with Crippen LogP contribution in [0, 0.1) is 11.7 Å². The van der Waals surface area contributed by atoms with Gasteiger partial charge in [0.15, 0.2) is 5.60 Å². The van der Waals surface area contributed by atoms with Crippen LogP contribution in [0.3, 0.4) is 0 Å². The zero-order chi connectivity index (χ0) is 27.6. The van der Waals surface area contributed by atoms with E-state index in [0.29, 0.717) is 41.3 Å². The molecule has 39 heavy (non-hydrogen) atoms. The number of ether oxygens (including phenoxy) is 2. The number of amidine groups is 1. The third-order valence-electron chi connectivity index (χ3n) is 8.39. The van der Waals surface area contributed by atoms with Crippen LogP contribution in [0.2, 0.25) is 5.02 Å². The van der Waals surface area contributed by atoms with Gasteiger partial charge in [-0.3, -0.25) is 4.90 Å². The Kier molecular flexibility index (Phi) is 8.57. The summed E-state index contributed by atoms with van der Waals surface area (Å²) in [6, 6.07) is 9.08. The maximum Gasteiger partial charge on any atom is 0.170 e. The molecule has 0 amide bonds. The Morgan fingerprint density at radius 1 is 1.05 bits per heavy atom. The zero-order valence-corrected chi connectivity index (χ0v) is 24.4. The Labute approximate surface area is 237 Å². The largest absolute Gasteiger partial charge is 0.493 e. The van der Waals surface area contributed by atoms with Crippen molar-refractivity contribution in [3.05, 3.63) is 46.7 Å². The molecule has 2 fully saturated rings. The lowest BCUT2D eigenvalue weighted by Crippen LogP contribution is -2.61. The SMILES string of the molecule is CCOc1cc(CN2CC3(CC(N4CCC(CC)CC4CC)=NO3)C2)cc(OCC)c1-c1ccc(F)cc1Cl. The highest BCUT2D eigenvalue weighted by atomic mass is 35.5. The molecule has 6 nitrogen and oxygen atoms in total. The Bertz CT molecular complexity index is 1170. The molecule has 0 saturated carbocycles. The molecule has 1 spiro atoms. The molecule has 2 saturated heterocycles. The van der Waals surface area contributed by atoms with Gasteiger partial charge in [0.1, 0.15) is 23.2 Å². The van der Waals surface area contributed by atoms with Crippen LogP contribution < -0.4 is 9.47 Å². The number of hydrogen-bond donors (Lipinski definition) is 0. The van der Waals surface area contributed by atoms with Gasteiger partial charge < -0.3 is 19.2 Å². The van der Waals surface area contributed by atoms with Crippen molar-refractivity contribution >= 4 is 17.4 Å². The van der Waals surface area contributed by atoms with Crippen LogP contribution in [-0.4, -0.2) is 60.1 Å². The first kappa shape index (κ1) is 28.0. The predicted molar refractivity (Wildman–Crippen MR) is 154 cm³/mol. The molecular formula is C31H41ClFN3O3. The van der Waals surface area contributed by atoms with Gasteiger partial charge in [-0.1, -0.05) is 37.0 Å². The van der Waals surface area contributed by atoms with Crippen molar-refractivity contribution in [1.82, 2.24) is 9.80 Å².